The minimum Gasteiger partial charge on any atom is -0.443 e. The first-order valence-electron chi connectivity index (χ1n) is 5.07. The minimum atomic E-state index is -0.977. The fourth-order valence-electron chi connectivity index (χ4n) is 1.89. The number of carbonyl (C=O) groups is 2. The lowest BCUT2D eigenvalue weighted by Gasteiger charge is -2.25. The smallest absolute Gasteiger partial charge is 0.417 e. The Labute approximate surface area is 104 Å². The van der Waals surface area contributed by atoms with Crippen LogP contribution in [0.2, 0.25) is 0 Å². The minimum absolute atomic E-state index is 0.143. The van der Waals surface area contributed by atoms with Crippen molar-refractivity contribution in [1.29, 1.82) is 0 Å². The van der Waals surface area contributed by atoms with Gasteiger partial charge in [-0.3, -0.25) is 4.79 Å². The van der Waals surface area contributed by atoms with Crippen LogP contribution in [0.3, 0.4) is 0 Å². The second-order valence-electron chi connectivity index (χ2n) is 5.19. The third-order valence-electron chi connectivity index (χ3n) is 2.73. The summed E-state index contributed by atoms with van der Waals surface area (Å²) >= 11 is 11.7. The maximum atomic E-state index is 11.7. The third-order valence-corrected chi connectivity index (χ3v) is 3.76. The van der Waals surface area contributed by atoms with Gasteiger partial charge in [-0.2, -0.15) is 0 Å². The van der Waals surface area contributed by atoms with Gasteiger partial charge in [-0.1, -0.05) is 0 Å². The van der Waals surface area contributed by atoms with Crippen molar-refractivity contribution in [2.45, 2.75) is 30.7 Å². The van der Waals surface area contributed by atoms with Crippen LogP contribution in [0.1, 0.15) is 20.8 Å². The lowest BCUT2D eigenvalue weighted by atomic mass is 10.2. The number of halogens is 2. The molecule has 0 radical (unpaired) electrons. The molecular weight excluding hydrogens is 253 g/mol. The molecular formula is C10H13Cl2NO3. The Balaban J connectivity index is 2.01. The summed E-state index contributed by atoms with van der Waals surface area (Å²) in [4.78, 5) is 24.5. The maximum Gasteiger partial charge on any atom is 0.417 e. The maximum absolute atomic E-state index is 11.7. The number of hydrogen-bond donors (Lipinski definition) is 0. The van der Waals surface area contributed by atoms with Gasteiger partial charge in [0, 0.05) is 12.5 Å². The van der Waals surface area contributed by atoms with Crippen molar-refractivity contribution >= 4 is 35.2 Å². The van der Waals surface area contributed by atoms with E-state index < -0.39 is 21.9 Å². The van der Waals surface area contributed by atoms with Gasteiger partial charge in [0.25, 0.3) is 0 Å². The molecule has 1 saturated carbocycles. The molecule has 2 atom stereocenters. The molecule has 1 heterocycles. The van der Waals surface area contributed by atoms with E-state index in [0.29, 0.717) is 0 Å². The van der Waals surface area contributed by atoms with Crippen LogP contribution < -0.4 is 0 Å². The summed E-state index contributed by atoms with van der Waals surface area (Å²) in [7, 11) is 0. The number of likely N-dealkylation sites (tertiary alicyclic amines) is 1. The fraction of sp³-hybridized carbons (Fsp3) is 0.800. The Morgan fingerprint density at radius 3 is 2.44 bits per heavy atom. The van der Waals surface area contributed by atoms with Gasteiger partial charge in [0.15, 0.2) is 0 Å². The molecule has 2 fully saturated rings. The normalized spacial score (nSPS) is 31.3. The second kappa shape index (κ2) is 3.26. The molecule has 1 aliphatic carbocycles. The molecule has 16 heavy (non-hydrogen) atoms. The number of carbonyl (C=O) groups excluding carboxylic acids is 2. The summed E-state index contributed by atoms with van der Waals surface area (Å²) in [5.74, 6) is -0.913. The number of rotatable bonds is 0. The molecule has 1 saturated heterocycles. The lowest BCUT2D eigenvalue weighted by molar-refractivity contribution is -0.129. The van der Waals surface area contributed by atoms with Gasteiger partial charge in [0.2, 0.25) is 5.91 Å². The van der Waals surface area contributed by atoms with Gasteiger partial charge in [-0.05, 0) is 20.8 Å². The quantitative estimate of drug-likeness (QED) is 0.631. The van der Waals surface area contributed by atoms with Crippen LogP contribution in [-0.2, 0) is 9.53 Å². The van der Waals surface area contributed by atoms with Crippen molar-refractivity contribution in [2.75, 3.05) is 6.54 Å². The van der Waals surface area contributed by atoms with Crippen LogP contribution in [0.5, 0.6) is 0 Å². The molecule has 0 aromatic carbocycles. The van der Waals surface area contributed by atoms with Crippen LogP contribution in [0, 0.1) is 11.8 Å². The van der Waals surface area contributed by atoms with Crippen molar-refractivity contribution < 1.29 is 14.3 Å². The van der Waals surface area contributed by atoms with Crippen LogP contribution in [0.15, 0.2) is 0 Å². The zero-order chi connectivity index (χ0) is 12.3. The van der Waals surface area contributed by atoms with E-state index in [1.54, 1.807) is 20.8 Å². The number of imide groups is 1. The molecule has 0 spiro atoms. The van der Waals surface area contributed by atoms with Crippen molar-refractivity contribution in [2.24, 2.45) is 11.8 Å². The van der Waals surface area contributed by atoms with Crippen LogP contribution in [0.4, 0.5) is 4.79 Å². The first kappa shape index (κ1) is 12.0. The molecule has 0 aromatic heterocycles. The zero-order valence-electron chi connectivity index (χ0n) is 9.29. The third kappa shape index (κ3) is 1.78. The summed E-state index contributed by atoms with van der Waals surface area (Å²) in [6, 6.07) is 0. The van der Waals surface area contributed by atoms with E-state index in [9.17, 15) is 9.59 Å². The molecule has 1 aliphatic heterocycles. The molecule has 2 aliphatic rings. The predicted octanol–water partition coefficient (Wildman–Crippen LogP) is 2.18. The monoisotopic (exact) mass is 265 g/mol. The highest BCUT2D eigenvalue weighted by atomic mass is 35.5. The average Bonchev–Trinajstić information content (AvgIpc) is 2.45. The highest BCUT2D eigenvalue weighted by Crippen LogP contribution is 2.63. The summed E-state index contributed by atoms with van der Waals surface area (Å²) in [5.41, 5.74) is -0.608. The molecule has 0 aromatic rings. The van der Waals surface area contributed by atoms with Gasteiger partial charge in [0.05, 0.1) is 5.92 Å². The largest absolute Gasteiger partial charge is 0.443 e. The molecule has 6 heteroatoms. The van der Waals surface area contributed by atoms with Gasteiger partial charge in [-0.15, -0.1) is 23.2 Å². The van der Waals surface area contributed by atoms with E-state index in [0.717, 1.165) is 4.90 Å². The first-order valence-corrected chi connectivity index (χ1v) is 5.82. The van der Waals surface area contributed by atoms with E-state index >= 15 is 0 Å². The molecule has 2 unspecified atom stereocenters. The van der Waals surface area contributed by atoms with Crippen molar-refractivity contribution in [3.63, 3.8) is 0 Å². The molecule has 4 nitrogen and oxygen atoms in total. The zero-order valence-corrected chi connectivity index (χ0v) is 10.8. The fourth-order valence-corrected chi connectivity index (χ4v) is 2.64. The Morgan fingerprint density at radius 2 is 2.06 bits per heavy atom. The van der Waals surface area contributed by atoms with Gasteiger partial charge in [0.1, 0.15) is 9.93 Å². The molecule has 90 valence electrons. The van der Waals surface area contributed by atoms with Crippen molar-refractivity contribution in [3.8, 4) is 0 Å². The summed E-state index contributed by atoms with van der Waals surface area (Å²) < 4.78 is 4.13. The predicted molar refractivity (Wildman–Crippen MR) is 59.4 cm³/mol. The number of ether oxygens (including phenoxy) is 1. The van der Waals surface area contributed by atoms with Crippen molar-refractivity contribution in [1.82, 2.24) is 4.90 Å². The number of alkyl halides is 2. The SMILES string of the molecule is CC(C)(C)OC(=O)N1CC2C(C1=O)C2(Cl)Cl. The number of amides is 2. The highest BCUT2D eigenvalue weighted by molar-refractivity contribution is 6.53. The summed E-state index contributed by atoms with van der Waals surface area (Å²) in [5, 5.41) is 0. The van der Waals surface area contributed by atoms with Crippen LogP contribution in [0.25, 0.3) is 0 Å². The Bertz CT molecular complexity index is 362. The van der Waals surface area contributed by atoms with E-state index in [2.05, 4.69) is 0 Å². The van der Waals surface area contributed by atoms with E-state index in [4.69, 9.17) is 27.9 Å². The Morgan fingerprint density at radius 1 is 1.50 bits per heavy atom. The number of hydrogen-bond acceptors (Lipinski definition) is 3. The molecule has 0 N–H and O–H groups in total. The topological polar surface area (TPSA) is 46.6 Å². The second-order valence-corrected chi connectivity index (χ2v) is 6.63. The van der Waals surface area contributed by atoms with E-state index in [-0.39, 0.29) is 18.4 Å². The Hall–Kier alpha value is -0.480. The average molecular weight is 266 g/mol. The molecule has 0 bridgehead atoms. The number of piperidine rings is 1. The Kier molecular flexibility index (Phi) is 2.45. The summed E-state index contributed by atoms with van der Waals surface area (Å²) in [6.07, 6.45) is -0.617. The lowest BCUT2D eigenvalue weighted by Crippen LogP contribution is -2.41. The highest BCUT2D eigenvalue weighted by Gasteiger charge is 2.73. The molecule has 2 rings (SSSR count). The van der Waals surface area contributed by atoms with E-state index in [1.165, 1.54) is 0 Å². The van der Waals surface area contributed by atoms with Gasteiger partial charge < -0.3 is 4.74 Å². The van der Waals surface area contributed by atoms with Crippen molar-refractivity contribution in [3.05, 3.63) is 0 Å². The number of nitrogens with zero attached hydrogens (tertiary/aromatic N) is 1. The van der Waals surface area contributed by atoms with E-state index in [1.807, 2.05) is 0 Å². The van der Waals surface area contributed by atoms with Crippen LogP contribution >= 0.6 is 23.2 Å². The van der Waals surface area contributed by atoms with Gasteiger partial charge in [-0.25, -0.2) is 9.69 Å². The van der Waals surface area contributed by atoms with Gasteiger partial charge >= 0.3 is 6.09 Å². The summed E-state index contributed by atoms with van der Waals surface area (Å²) in [6.45, 7) is 5.50. The standard InChI is InChI=1S/C10H13Cl2NO3/c1-9(2,3)16-8(15)13-4-5-6(7(13)14)10(5,11)12/h5-6H,4H2,1-3H3. The first-order chi connectivity index (χ1) is 7.14. The number of fused-ring (bicyclic) bond motifs is 1. The van der Waals surface area contributed by atoms with Crippen LogP contribution in [-0.4, -0.2) is 33.4 Å². The molecule has 2 amide bonds.